The number of aromatic amines is 1. The summed E-state index contributed by atoms with van der Waals surface area (Å²) in [5.74, 6) is 0.149. The van der Waals surface area contributed by atoms with Crippen LogP contribution in [0.4, 0.5) is 5.69 Å². The molecular formula is C20H18N2O2. The molecule has 4 heteroatoms. The SMILES string of the molecule is CC(=O)c1ccc2c(c1)CCN2C(=O)Cc1c[nH]c2ccccc12. The Kier molecular flexibility index (Phi) is 3.45. The number of hydrogen-bond donors (Lipinski definition) is 1. The molecule has 1 aliphatic rings. The van der Waals surface area contributed by atoms with Gasteiger partial charge in [0.05, 0.1) is 6.42 Å². The second-order valence-corrected chi connectivity index (χ2v) is 6.23. The van der Waals surface area contributed by atoms with Crippen molar-refractivity contribution >= 4 is 28.3 Å². The number of ketones is 1. The fourth-order valence-electron chi connectivity index (χ4n) is 3.42. The molecule has 3 aromatic rings. The zero-order valence-electron chi connectivity index (χ0n) is 13.5. The van der Waals surface area contributed by atoms with Crippen LogP contribution in [0.15, 0.2) is 48.7 Å². The summed E-state index contributed by atoms with van der Waals surface area (Å²) in [5.41, 5.74) is 4.79. The summed E-state index contributed by atoms with van der Waals surface area (Å²) in [6.45, 7) is 2.24. The van der Waals surface area contributed by atoms with Crippen LogP contribution in [0, 0.1) is 0 Å². The van der Waals surface area contributed by atoms with Gasteiger partial charge in [0, 0.05) is 34.9 Å². The van der Waals surface area contributed by atoms with Gasteiger partial charge in [0.25, 0.3) is 0 Å². The molecule has 0 atom stereocenters. The maximum atomic E-state index is 12.8. The van der Waals surface area contributed by atoms with Crippen molar-refractivity contribution in [2.45, 2.75) is 19.8 Å². The fourth-order valence-corrected chi connectivity index (χ4v) is 3.42. The Morgan fingerprint density at radius 3 is 2.83 bits per heavy atom. The molecule has 0 saturated heterocycles. The molecule has 1 amide bonds. The molecule has 1 aromatic heterocycles. The van der Waals surface area contributed by atoms with E-state index >= 15 is 0 Å². The highest BCUT2D eigenvalue weighted by Gasteiger charge is 2.25. The molecule has 0 bridgehead atoms. The first-order valence-electron chi connectivity index (χ1n) is 8.13. The summed E-state index contributed by atoms with van der Waals surface area (Å²) < 4.78 is 0. The van der Waals surface area contributed by atoms with Crippen LogP contribution in [-0.2, 0) is 17.6 Å². The van der Waals surface area contributed by atoms with Crippen LogP contribution in [0.3, 0.4) is 0 Å². The lowest BCUT2D eigenvalue weighted by Crippen LogP contribution is -2.30. The van der Waals surface area contributed by atoms with Crippen molar-refractivity contribution in [1.29, 1.82) is 0 Å². The summed E-state index contributed by atoms with van der Waals surface area (Å²) in [7, 11) is 0. The number of para-hydroxylation sites is 1. The highest BCUT2D eigenvalue weighted by atomic mass is 16.2. The third kappa shape index (κ3) is 2.40. The molecule has 0 aliphatic carbocycles. The molecule has 0 unspecified atom stereocenters. The number of aromatic nitrogens is 1. The number of hydrogen-bond acceptors (Lipinski definition) is 2. The van der Waals surface area contributed by atoms with E-state index in [-0.39, 0.29) is 11.7 Å². The monoisotopic (exact) mass is 318 g/mol. The first-order chi connectivity index (χ1) is 11.6. The molecule has 1 aliphatic heterocycles. The summed E-state index contributed by atoms with van der Waals surface area (Å²) in [6.07, 6.45) is 3.09. The maximum Gasteiger partial charge on any atom is 0.231 e. The molecule has 1 N–H and O–H groups in total. The largest absolute Gasteiger partial charge is 0.361 e. The lowest BCUT2D eigenvalue weighted by Gasteiger charge is -2.17. The van der Waals surface area contributed by atoms with Crippen LogP contribution in [-0.4, -0.2) is 23.2 Å². The first kappa shape index (κ1) is 14.7. The number of nitrogens with one attached hydrogen (secondary N) is 1. The van der Waals surface area contributed by atoms with Gasteiger partial charge in [0.15, 0.2) is 5.78 Å². The van der Waals surface area contributed by atoms with E-state index in [0.717, 1.165) is 34.1 Å². The van der Waals surface area contributed by atoms with Gasteiger partial charge in [-0.1, -0.05) is 18.2 Å². The number of H-pyrrole nitrogens is 1. The number of benzene rings is 2. The van der Waals surface area contributed by atoms with E-state index in [2.05, 4.69) is 4.98 Å². The van der Waals surface area contributed by atoms with Gasteiger partial charge >= 0.3 is 0 Å². The van der Waals surface area contributed by atoms with E-state index < -0.39 is 0 Å². The van der Waals surface area contributed by atoms with Gasteiger partial charge in [-0.05, 0) is 48.7 Å². The average Bonchev–Trinajstić information content (AvgIpc) is 3.18. The van der Waals surface area contributed by atoms with Gasteiger partial charge < -0.3 is 9.88 Å². The van der Waals surface area contributed by atoms with Crippen LogP contribution in [0.1, 0.15) is 28.4 Å². The van der Waals surface area contributed by atoms with E-state index in [9.17, 15) is 9.59 Å². The highest BCUT2D eigenvalue weighted by molar-refractivity contribution is 6.00. The second kappa shape index (κ2) is 5.64. The molecule has 120 valence electrons. The Labute approximate surface area is 140 Å². The number of nitrogens with zero attached hydrogens (tertiary/aromatic N) is 1. The predicted octanol–water partition coefficient (Wildman–Crippen LogP) is 3.50. The maximum absolute atomic E-state index is 12.8. The van der Waals surface area contributed by atoms with E-state index in [1.807, 2.05) is 47.5 Å². The zero-order chi connectivity index (χ0) is 16.7. The molecule has 0 radical (unpaired) electrons. The van der Waals surface area contributed by atoms with Gasteiger partial charge in [0.1, 0.15) is 0 Å². The van der Waals surface area contributed by atoms with E-state index in [1.54, 1.807) is 13.0 Å². The Morgan fingerprint density at radius 2 is 2.00 bits per heavy atom. The highest BCUT2D eigenvalue weighted by Crippen LogP contribution is 2.30. The zero-order valence-corrected chi connectivity index (χ0v) is 13.5. The standard InChI is InChI=1S/C20H18N2O2/c1-13(23)14-6-7-19-15(10-14)8-9-22(19)20(24)11-16-12-21-18-5-3-2-4-17(16)18/h2-7,10,12,21H,8-9,11H2,1H3. The van der Waals surface area contributed by atoms with Gasteiger partial charge in [-0.15, -0.1) is 0 Å². The van der Waals surface area contributed by atoms with Crippen LogP contribution in [0.2, 0.25) is 0 Å². The topological polar surface area (TPSA) is 53.2 Å². The third-order valence-corrected chi connectivity index (χ3v) is 4.70. The first-order valence-corrected chi connectivity index (χ1v) is 8.13. The number of anilines is 1. The van der Waals surface area contributed by atoms with Crippen molar-refractivity contribution in [3.63, 3.8) is 0 Å². The van der Waals surface area contributed by atoms with E-state index in [1.165, 1.54) is 0 Å². The van der Waals surface area contributed by atoms with Gasteiger partial charge in [0.2, 0.25) is 5.91 Å². The van der Waals surface area contributed by atoms with Crippen molar-refractivity contribution in [2.75, 3.05) is 11.4 Å². The van der Waals surface area contributed by atoms with Crippen LogP contribution >= 0.6 is 0 Å². The number of carbonyl (C=O) groups is 2. The van der Waals surface area contributed by atoms with Crippen molar-refractivity contribution in [1.82, 2.24) is 4.98 Å². The molecule has 2 heterocycles. The Morgan fingerprint density at radius 1 is 1.17 bits per heavy atom. The lowest BCUT2D eigenvalue weighted by atomic mass is 10.1. The minimum absolute atomic E-state index is 0.0568. The average molecular weight is 318 g/mol. The Bertz CT molecular complexity index is 955. The van der Waals surface area contributed by atoms with Crippen LogP contribution < -0.4 is 4.90 Å². The molecule has 0 spiro atoms. The van der Waals surface area contributed by atoms with E-state index in [4.69, 9.17) is 0 Å². The summed E-state index contributed by atoms with van der Waals surface area (Å²) in [4.78, 5) is 29.3. The molecule has 0 fully saturated rings. The van der Waals surface area contributed by atoms with Crippen molar-refractivity contribution in [3.8, 4) is 0 Å². The summed E-state index contributed by atoms with van der Waals surface area (Å²) in [6, 6.07) is 13.6. The number of amides is 1. The van der Waals surface area contributed by atoms with Crippen molar-refractivity contribution in [2.24, 2.45) is 0 Å². The third-order valence-electron chi connectivity index (χ3n) is 4.70. The Balaban J connectivity index is 1.60. The fraction of sp³-hybridized carbons (Fsp3) is 0.200. The van der Waals surface area contributed by atoms with Crippen LogP contribution in [0.5, 0.6) is 0 Å². The number of rotatable bonds is 3. The van der Waals surface area contributed by atoms with E-state index in [0.29, 0.717) is 18.5 Å². The predicted molar refractivity (Wildman–Crippen MR) is 94.5 cm³/mol. The van der Waals surface area contributed by atoms with Gasteiger partial charge in [-0.25, -0.2) is 0 Å². The smallest absolute Gasteiger partial charge is 0.231 e. The summed E-state index contributed by atoms with van der Waals surface area (Å²) in [5, 5.41) is 1.09. The minimum Gasteiger partial charge on any atom is -0.361 e. The van der Waals surface area contributed by atoms with Crippen LogP contribution in [0.25, 0.3) is 10.9 Å². The number of fused-ring (bicyclic) bond motifs is 2. The second-order valence-electron chi connectivity index (χ2n) is 6.23. The molecule has 24 heavy (non-hydrogen) atoms. The molecule has 4 nitrogen and oxygen atoms in total. The molecule has 4 rings (SSSR count). The number of carbonyl (C=O) groups excluding carboxylic acids is 2. The number of Topliss-reactive ketones (excluding diaryl/α,β-unsaturated/α-hetero) is 1. The quantitative estimate of drug-likeness (QED) is 0.751. The van der Waals surface area contributed by atoms with Crippen molar-refractivity contribution in [3.05, 3.63) is 65.4 Å². The summed E-state index contributed by atoms with van der Waals surface area (Å²) >= 11 is 0. The molecule has 2 aromatic carbocycles. The molecular weight excluding hydrogens is 300 g/mol. The normalized spacial score (nSPS) is 13.3. The lowest BCUT2D eigenvalue weighted by molar-refractivity contribution is -0.117. The van der Waals surface area contributed by atoms with Gasteiger partial charge in [-0.3, -0.25) is 9.59 Å². The van der Waals surface area contributed by atoms with Crippen molar-refractivity contribution < 1.29 is 9.59 Å². The Hall–Kier alpha value is -2.88. The van der Waals surface area contributed by atoms with Gasteiger partial charge in [-0.2, -0.15) is 0 Å². The minimum atomic E-state index is 0.0568. The molecule has 0 saturated carbocycles.